The molecule has 2 fully saturated rings. The number of hydrogen-bond acceptors (Lipinski definition) is 1. The summed E-state index contributed by atoms with van der Waals surface area (Å²) >= 11 is 0. The zero-order valence-corrected chi connectivity index (χ0v) is 13.1. The lowest BCUT2D eigenvalue weighted by atomic mass is 9.92. The zero-order chi connectivity index (χ0) is 14.7. The molecule has 1 amide bonds. The summed E-state index contributed by atoms with van der Waals surface area (Å²) in [6, 6.07) is 11.5. The Morgan fingerprint density at radius 3 is 2.29 bits per heavy atom. The highest BCUT2D eigenvalue weighted by Gasteiger charge is 2.37. The SMILES string of the molecule is CC(CC(=O)N(C1CCCCC1)C1CC1)c1ccccc1. The van der Waals surface area contributed by atoms with Crippen LogP contribution >= 0.6 is 0 Å². The summed E-state index contributed by atoms with van der Waals surface area (Å²) in [5, 5.41) is 0. The number of amides is 1. The molecule has 2 nitrogen and oxygen atoms in total. The topological polar surface area (TPSA) is 20.3 Å². The minimum absolute atomic E-state index is 0.323. The van der Waals surface area contributed by atoms with Crippen LogP contribution in [0.15, 0.2) is 30.3 Å². The minimum Gasteiger partial charge on any atom is -0.337 e. The third-order valence-corrected chi connectivity index (χ3v) is 5.05. The summed E-state index contributed by atoms with van der Waals surface area (Å²) in [4.78, 5) is 15.1. The number of carbonyl (C=O) groups excluding carboxylic acids is 1. The largest absolute Gasteiger partial charge is 0.337 e. The van der Waals surface area contributed by atoms with Crippen LogP contribution in [0, 0.1) is 0 Å². The van der Waals surface area contributed by atoms with Gasteiger partial charge < -0.3 is 4.90 Å². The van der Waals surface area contributed by atoms with Crippen molar-refractivity contribution in [1.82, 2.24) is 4.90 Å². The van der Waals surface area contributed by atoms with E-state index in [1.54, 1.807) is 0 Å². The molecule has 2 aliphatic rings. The van der Waals surface area contributed by atoms with Gasteiger partial charge in [-0.2, -0.15) is 0 Å². The van der Waals surface area contributed by atoms with Gasteiger partial charge in [0, 0.05) is 18.5 Å². The van der Waals surface area contributed by atoms with Crippen LogP contribution in [0.4, 0.5) is 0 Å². The molecule has 0 heterocycles. The van der Waals surface area contributed by atoms with Gasteiger partial charge in [0.25, 0.3) is 0 Å². The Balaban J connectivity index is 1.64. The fraction of sp³-hybridized carbons (Fsp3) is 0.632. The fourth-order valence-electron chi connectivity index (χ4n) is 3.68. The maximum absolute atomic E-state index is 12.8. The van der Waals surface area contributed by atoms with Gasteiger partial charge in [-0.25, -0.2) is 0 Å². The first-order valence-electron chi connectivity index (χ1n) is 8.62. The summed E-state index contributed by atoms with van der Waals surface area (Å²) in [6.07, 6.45) is 9.51. The molecule has 0 N–H and O–H groups in total. The molecule has 1 unspecified atom stereocenters. The van der Waals surface area contributed by atoms with E-state index in [9.17, 15) is 4.79 Å². The van der Waals surface area contributed by atoms with Crippen molar-refractivity contribution >= 4 is 5.91 Å². The maximum Gasteiger partial charge on any atom is 0.223 e. The van der Waals surface area contributed by atoms with E-state index < -0.39 is 0 Å². The van der Waals surface area contributed by atoms with Crippen molar-refractivity contribution in [1.29, 1.82) is 0 Å². The van der Waals surface area contributed by atoms with Crippen molar-refractivity contribution in [2.45, 2.75) is 76.3 Å². The molecule has 0 aliphatic heterocycles. The van der Waals surface area contributed by atoms with Gasteiger partial charge in [-0.3, -0.25) is 4.79 Å². The van der Waals surface area contributed by atoms with E-state index in [2.05, 4.69) is 36.1 Å². The molecule has 0 saturated heterocycles. The lowest BCUT2D eigenvalue weighted by Gasteiger charge is -2.35. The van der Waals surface area contributed by atoms with Gasteiger partial charge >= 0.3 is 0 Å². The van der Waals surface area contributed by atoms with Crippen molar-refractivity contribution < 1.29 is 4.79 Å². The summed E-state index contributed by atoms with van der Waals surface area (Å²) < 4.78 is 0. The van der Waals surface area contributed by atoms with E-state index in [0.29, 0.717) is 30.3 Å². The van der Waals surface area contributed by atoms with Crippen LogP contribution in [0.1, 0.15) is 69.8 Å². The lowest BCUT2D eigenvalue weighted by Crippen LogP contribution is -2.43. The van der Waals surface area contributed by atoms with Crippen LogP contribution in [0.5, 0.6) is 0 Å². The first-order valence-corrected chi connectivity index (χ1v) is 8.62. The molecule has 21 heavy (non-hydrogen) atoms. The molecule has 0 aromatic heterocycles. The van der Waals surface area contributed by atoms with Crippen LogP contribution in [0.3, 0.4) is 0 Å². The second-order valence-corrected chi connectivity index (χ2v) is 6.84. The van der Waals surface area contributed by atoms with Gasteiger partial charge in [0.1, 0.15) is 0 Å². The maximum atomic E-state index is 12.8. The molecule has 2 heteroatoms. The van der Waals surface area contributed by atoms with Gasteiger partial charge in [0.05, 0.1) is 0 Å². The average molecular weight is 285 g/mol. The molecular weight excluding hydrogens is 258 g/mol. The number of nitrogens with zero attached hydrogens (tertiary/aromatic N) is 1. The van der Waals surface area contributed by atoms with E-state index in [-0.39, 0.29) is 0 Å². The Kier molecular flexibility index (Phi) is 4.62. The Labute approximate surface area is 128 Å². The molecule has 0 bridgehead atoms. The van der Waals surface area contributed by atoms with Crippen molar-refractivity contribution in [3.63, 3.8) is 0 Å². The van der Waals surface area contributed by atoms with Crippen LogP contribution in [0.2, 0.25) is 0 Å². The second kappa shape index (κ2) is 6.64. The van der Waals surface area contributed by atoms with E-state index in [0.717, 1.165) is 0 Å². The summed E-state index contributed by atoms with van der Waals surface area (Å²) in [5.41, 5.74) is 1.28. The van der Waals surface area contributed by atoms with Gasteiger partial charge in [0.2, 0.25) is 5.91 Å². The van der Waals surface area contributed by atoms with Crippen LogP contribution in [-0.2, 0) is 4.79 Å². The summed E-state index contributed by atoms with van der Waals surface area (Å²) in [5.74, 6) is 0.712. The number of carbonyl (C=O) groups is 1. The molecule has 1 aromatic rings. The van der Waals surface area contributed by atoms with Crippen molar-refractivity contribution in [3.05, 3.63) is 35.9 Å². The molecule has 2 saturated carbocycles. The molecule has 1 aromatic carbocycles. The molecule has 3 rings (SSSR count). The summed E-state index contributed by atoms with van der Waals surface area (Å²) in [6.45, 7) is 2.18. The third kappa shape index (κ3) is 3.66. The highest BCUT2D eigenvalue weighted by molar-refractivity contribution is 5.78. The Morgan fingerprint density at radius 1 is 1.05 bits per heavy atom. The Bertz CT molecular complexity index is 460. The third-order valence-electron chi connectivity index (χ3n) is 5.05. The zero-order valence-electron chi connectivity index (χ0n) is 13.1. The first-order chi connectivity index (χ1) is 10.3. The van der Waals surface area contributed by atoms with Crippen LogP contribution in [-0.4, -0.2) is 22.9 Å². The van der Waals surface area contributed by atoms with Crippen molar-refractivity contribution in [3.8, 4) is 0 Å². The van der Waals surface area contributed by atoms with E-state index in [1.807, 2.05) is 6.07 Å². The monoisotopic (exact) mass is 285 g/mol. The molecular formula is C19H27NO. The van der Waals surface area contributed by atoms with Gasteiger partial charge in [-0.15, -0.1) is 0 Å². The lowest BCUT2D eigenvalue weighted by molar-refractivity contribution is -0.135. The Hall–Kier alpha value is -1.31. The highest BCUT2D eigenvalue weighted by atomic mass is 16.2. The predicted molar refractivity (Wildman–Crippen MR) is 86.2 cm³/mol. The highest BCUT2D eigenvalue weighted by Crippen LogP contribution is 2.35. The van der Waals surface area contributed by atoms with Crippen molar-refractivity contribution in [2.75, 3.05) is 0 Å². The number of hydrogen-bond donors (Lipinski definition) is 0. The van der Waals surface area contributed by atoms with Gasteiger partial charge in [-0.1, -0.05) is 56.5 Å². The predicted octanol–water partition coefficient (Wildman–Crippen LogP) is 4.50. The first kappa shape index (κ1) is 14.6. The summed E-state index contributed by atoms with van der Waals surface area (Å²) in [7, 11) is 0. The normalized spacial score (nSPS) is 21.0. The standard InChI is InChI=1S/C19H27NO/c1-15(16-8-4-2-5-9-16)14-19(21)20(18-12-13-18)17-10-6-3-7-11-17/h2,4-5,8-9,15,17-18H,3,6-7,10-14H2,1H3. The smallest absolute Gasteiger partial charge is 0.223 e. The molecule has 1 atom stereocenters. The molecule has 2 aliphatic carbocycles. The minimum atomic E-state index is 0.323. The van der Waals surface area contributed by atoms with Gasteiger partial charge in [-0.05, 0) is 37.2 Å². The molecule has 0 radical (unpaired) electrons. The average Bonchev–Trinajstić information content (AvgIpc) is 3.34. The van der Waals surface area contributed by atoms with E-state index >= 15 is 0 Å². The Morgan fingerprint density at radius 2 is 1.67 bits per heavy atom. The quantitative estimate of drug-likeness (QED) is 0.779. The van der Waals surface area contributed by atoms with Crippen molar-refractivity contribution in [2.24, 2.45) is 0 Å². The van der Waals surface area contributed by atoms with Crippen LogP contribution in [0.25, 0.3) is 0 Å². The van der Waals surface area contributed by atoms with E-state index in [1.165, 1.54) is 50.5 Å². The fourth-order valence-corrected chi connectivity index (χ4v) is 3.68. The number of benzene rings is 1. The number of rotatable bonds is 5. The van der Waals surface area contributed by atoms with E-state index in [4.69, 9.17) is 0 Å². The second-order valence-electron chi connectivity index (χ2n) is 6.84. The van der Waals surface area contributed by atoms with Gasteiger partial charge in [0.15, 0.2) is 0 Å². The molecule has 114 valence electrons. The van der Waals surface area contributed by atoms with Crippen LogP contribution < -0.4 is 0 Å². The molecule has 0 spiro atoms.